The molecule has 29 heavy (non-hydrogen) atoms. The van der Waals surface area contributed by atoms with Gasteiger partial charge in [0, 0.05) is 13.1 Å². The van der Waals surface area contributed by atoms with E-state index in [0.717, 1.165) is 11.3 Å². The van der Waals surface area contributed by atoms with Crippen molar-refractivity contribution >= 4 is 29.9 Å². The van der Waals surface area contributed by atoms with Crippen LogP contribution in [0.3, 0.4) is 0 Å². The normalized spacial score (nSPS) is 12.3. The Bertz CT molecular complexity index is 785. The van der Waals surface area contributed by atoms with Crippen LogP contribution in [0.5, 0.6) is 11.5 Å². The summed E-state index contributed by atoms with van der Waals surface area (Å²) in [5.74, 6) is 0.210. The van der Waals surface area contributed by atoms with Gasteiger partial charge in [0.15, 0.2) is 17.5 Å². The summed E-state index contributed by atoms with van der Waals surface area (Å²) in [6, 6.07) is 11.5. The number of aliphatic hydroxyl groups is 1. The van der Waals surface area contributed by atoms with Crippen LogP contribution in [0.1, 0.15) is 38.0 Å². The molecule has 2 aromatic carbocycles. The van der Waals surface area contributed by atoms with E-state index in [1.54, 1.807) is 6.07 Å². The summed E-state index contributed by atoms with van der Waals surface area (Å²) in [6.07, 6.45) is -0.624. The number of nitrogens with zero attached hydrogens (tertiary/aromatic N) is 1. The Balaban J connectivity index is 0.00000420. The molecule has 0 saturated heterocycles. The van der Waals surface area contributed by atoms with Crippen molar-refractivity contribution in [1.29, 1.82) is 0 Å². The van der Waals surface area contributed by atoms with E-state index < -0.39 is 11.9 Å². The predicted octanol–water partition coefficient (Wildman–Crippen LogP) is 3.73. The molecule has 6 nitrogen and oxygen atoms in total. The lowest BCUT2D eigenvalue weighted by molar-refractivity contribution is 0.180. The number of guanidine groups is 1. The molecular weight excluding hydrogens is 488 g/mol. The number of benzene rings is 2. The second-order valence-electron chi connectivity index (χ2n) is 6.61. The first-order chi connectivity index (χ1) is 13.4. The highest BCUT2D eigenvalue weighted by Gasteiger charge is 2.09. The first-order valence-electron chi connectivity index (χ1n) is 9.33. The summed E-state index contributed by atoms with van der Waals surface area (Å²) in [6.45, 7) is 7.00. The van der Waals surface area contributed by atoms with Gasteiger partial charge in [0.1, 0.15) is 5.75 Å². The Labute approximate surface area is 188 Å². The number of hydrogen-bond acceptors (Lipinski definition) is 4. The minimum absolute atomic E-state index is 0. The van der Waals surface area contributed by atoms with Crippen LogP contribution in [0, 0.1) is 5.82 Å². The summed E-state index contributed by atoms with van der Waals surface area (Å²) in [4.78, 5) is 4.38. The van der Waals surface area contributed by atoms with E-state index in [0.29, 0.717) is 18.1 Å². The van der Waals surface area contributed by atoms with E-state index in [1.165, 1.54) is 12.1 Å². The van der Waals surface area contributed by atoms with E-state index in [1.807, 2.05) is 45.0 Å². The Hall–Kier alpha value is -2.07. The van der Waals surface area contributed by atoms with Crippen LogP contribution in [0.2, 0.25) is 0 Å². The zero-order chi connectivity index (χ0) is 20.5. The monoisotopic (exact) mass is 517 g/mol. The van der Waals surface area contributed by atoms with Gasteiger partial charge in [-0.2, -0.15) is 0 Å². The molecule has 0 aliphatic heterocycles. The van der Waals surface area contributed by atoms with Gasteiger partial charge in [0.2, 0.25) is 0 Å². The molecule has 0 bridgehead atoms. The van der Waals surface area contributed by atoms with E-state index in [-0.39, 0.29) is 48.9 Å². The fourth-order valence-corrected chi connectivity index (χ4v) is 2.51. The van der Waals surface area contributed by atoms with Crippen molar-refractivity contribution in [3.63, 3.8) is 0 Å². The fourth-order valence-electron chi connectivity index (χ4n) is 2.51. The Morgan fingerprint density at radius 2 is 1.83 bits per heavy atom. The number of halogens is 2. The van der Waals surface area contributed by atoms with Crippen LogP contribution in [-0.4, -0.2) is 35.4 Å². The maximum atomic E-state index is 13.4. The molecule has 8 heteroatoms. The molecule has 0 heterocycles. The number of nitrogens with one attached hydrogen (secondary N) is 2. The third-order valence-corrected chi connectivity index (χ3v) is 3.88. The highest BCUT2D eigenvalue weighted by atomic mass is 127. The van der Waals surface area contributed by atoms with Gasteiger partial charge < -0.3 is 25.6 Å². The van der Waals surface area contributed by atoms with Crippen LogP contribution < -0.4 is 15.4 Å². The van der Waals surface area contributed by atoms with Crippen molar-refractivity contribution in [2.75, 3.05) is 13.1 Å². The Kier molecular flexibility index (Phi) is 10.7. The van der Waals surface area contributed by atoms with Crippen LogP contribution in [0.15, 0.2) is 47.5 Å². The van der Waals surface area contributed by atoms with Crippen LogP contribution in [0.25, 0.3) is 0 Å². The Morgan fingerprint density at radius 3 is 2.41 bits per heavy atom. The summed E-state index contributed by atoms with van der Waals surface area (Å²) >= 11 is 0. The van der Waals surface area contributed by atoms with Gasteiger partial charge in [-0.3, -0.25) is 0 Å². The highest BCUT2D eigenvalue weighted by Crippen LogP contribution is 2.19. The summed E-state index contributed by atoms with van der Waals surface area (Å²) in [5.41, 5.74) is 1.40. The van der Waals surface area contributed by atoms with Gasteiger partial charge in [-0.15, -0.1) is 24.0 Å². The zero-order valence-corrected chi connectivity index (χ0v) is 19.2. The van der Waals surface area contributed by atoms with Crippen molar-refractivity contribution in [2.24, 2.45) is 4.99 Å². The number of aromatic hydroxyl groups is 1. The maximum absolute atomic E-state index is 13.4. The smallest absolute Gasteiger partial charge is 0.191 e. The molecule has 4 N–H and O–H groups in total. The molecular formula is C21H29FIN3O3. The van der Waals surface area contributed by atoms with Crippen molar-refractivity contribution in [1.82, 2.24) is 10.6 Å². The lowest BCUT2D eigenvalue weighted by Crippen LogP contribution is -2.39. The number of phenolic OH excluding ortho intramolecular Hbond substituents is 1. The van der Waals surface area contributed by atoms with Crippen molar-refractivity contribution < 1.29 is 19.3 Å². The average Bonchev–Trinajstić information content (AvgIpc) is 2.66. The van der Waals surface area contributed by atoms with Gasteiger partial charge in [0.05, 0.1) is 18.8 Å². The molecule has 0 aromatic heterocycles. The number of ether oxygens (including phenoxy) is 1. The molecule has 0 amide bonds. The molecule has 1 atom stereocenters. The van der Waals surface area contributed by atoms with Crippen molar-refractivity contribution in [3.05, 3.63) is 59.4 Å². The molecule has 160 valence electrons. The van der Waals surface area contributed by atoms with Gasteiger partial charge in [0.25, 0.3) is 0 Å². The SMILES string of the molecule is CCNC(=NCc1ccc(O)c(F)c1)NCC(O)c1ccc(OC(C)C)cc1.I. The summed E-state index contributed by atoms with van der Waals surface area (Å²) in [7, 11) is 0. The number of rotatable bonds is 8. The summed E-state index contributed by atoms with van der Waals surface area (Å²) in [5, 5.41) is 25.8. The average molecular weight is 517 g/mol. The predicted molar refractivity (Wildman–Crippen MR) is 123 cm³/mol. The minimum Gasteiger partial charge on any atom is -0.505 e. The number of phenols is 1. The first kappa shape index (κ1) is 25.0. The lowest BCUT2D eigenvalue weighted by Gasteiger charge is -2.16. The number of aliphatic imine (C=N–C) groups is 1. The van der Waals surface area contributed by atoms with Crippen LogP contribution >= 0.6 is 24.0 Å². The zero-order valence-electron chi connectivity index (χ0n) is 16.9. The van der Waals surface area contributed by atoms with E-state index in [2.05, 4.69) is 15.6 Å². The topological polar surface area (TPSA) is 86.1 Å². The van der Waals surface area contributed by atoms with Crippen molar-refractivity contribution in [2.45, 2.75) is 39.5 Å². The second kappa shape index (κ2) is 12.5. The maximum Gasteiger partial charge on any atom is 0.191 e. The largest absolute Gasteiger partial charge is 0.505 e. The van der Waals surface area contributed by atoms with Crippen LogP contribution in [0.4, 0.5) is 4.39 Å². The molecule has 1 unspecified atom stereocenters. The third-order valence-electron chi connectivity index (χ3n) is 3.88. The molecule has 0 aliphatic rings. The standard InChI is InChI=1S/C21H28FN3O3.HI/c1-4-23-21(24-12-15-5-10-19(26)18(22)11-15)25-13-20(27)16-6-8-17(9-7-16)28-14(2)3;/h5-11,14,20,26-27H,4,12-13H2,1-3H3,(H2,23,24,25);1H. The molecule has 0 saturated carbocycles. The number of aliphatic hydroxyl groups excluding tert-OH is 1. The highest BCUT2D eigenvalue weighted by molar-refractivity contribution is 14.0. The first-order valence-corrected chi connectivity index (χ1v) is 9.33. The molecule has 0 aliphatic carbocycles. The molecule has 0 radical (unpaired) electrons. The quantitative estimate of drug-likeness (QED) is 0.244. The van der Waals surface area contributed by atoms with E-state index in [9.17, 15) is 14.6 Å². The van der Waals surface area contributed by atoms with Gasteiger partial charge in [-0.1, -0.05) is 18.2 Å². The fraction of sp³-hybridized carbons (Fsp3) is 0.381. The minimum atomic E-state index is -0.719. The lowest BCUT2D eigenvalue weighted by atomic mass is 10.1. The van der Waals surface area contributed by atoms with E-state index >= 15 is 0 Å². The van der Waals surface area contributed by atoms with Gasteiger partial charge in [-0.05, 0) is 56.2 Å². The van der Waals surface area contributed by atoms with Gasteiger partial charge in [-0.25, -0.2) is 9.38 Å². The molecule has 0 fully saturated rings. The van der Waals surface area contributed by atoms with Crippen LogP contribution in [-0.2, 0) is 6.54 Å². The third kappa shape index (κ3) is 8.45. The van der Waals surface area contributed by atoms with Crippen molar-refractivity contribution in [3.8, 4) is 11.5 Å². The van der Waals surface area contributed by atoms with E-state index in [4.69, 9.17) is 4.74 Å². The number of hydrogen-bond donors (Lipinski definition) is 4. The van der Waals surface area contributed by atoms with Gasteiger partial charge >= 0.3 is 0 Å². The molecule has 0 spiro atoms. The molecule has 2 rings (SSSR count). The second-order valence-corrected chi connectivity index (χ2v) is 6.61. The summed E-state index contributed by atoms with van der Waals surface area (Å²) < 4.78 is 19.0. The molecule has 2 aromatic rings. The Morgan fingerprint density at radius 1 is 1.14 bits per heavy atom.